The highest BCUT2D eigenvalue weighted by Crippen LogP contribution is 2.46. The van der Waals surface area contributed by atoms with Crippen LogP contribution in [0.2, 0.25) is 0 Å². The molecule has 3 aromatic rings. The maximum absolute atomic E-state index is 14.8. The molecular weight excluding hydrogens is 492 g/mol. The Balaban J connectivity index is 1.22. The van der Waals surface area contributed by atoms with Crippen molar-refractivity contribution < 1.29 is 36.7 Å². The maximum Gasteiger partial charge on any atom is 0.335 e. The van der Waals surface area contributed by atoms with Crippen LogP contribution in [0, 0.1) is 23.3 Å². The molecular formula is C27H24F4N2O4. The molecule has 0 amide bonds. The summed E-state index contributed by atoms with van der Waals surface area (Å²) in [6, 6.07) is 4.95. The number of fused-ring (bicyclic) bond motifs is 2. The molecule has 6 rings (SSSR count). The van der Waals surface area contributed by atoms with Crippen molar-refractivity contribution in [3.63, 3.8) is 0 Å². The molecule has 2 bridgehead atoms. The molecule has 3 heterocycles. The topological polar surface area (TPSA) is 75.8 Å². The third-order valence-electron chi connectivity index (χ3n) is 7.64. The normalized spacial score (nSPS) is 23.0. The van der Waals surface area contributed by atoms with Crippen molar-refractivity contribution in [1.29, 1.82) is 0 Å². The number of anilines is 1. The molecule has 1 aliphatic carbocycles. The van der Waals surface area contributed by atoms with Gasteiger partial charge in [0, 0.05) is 23.6 Å². The van der Waals surface area contributed by atoms with Crippen molar-refractivity contribution in [1.82, 2.24) is 5.16 Å². The first kappa shape index (κ1) is 24.0. The SMILES string of the molecule is O=C(O)c1cc(F)c(N2[C@@H]3CC[C@H]2CC(OCc2c(-c4c(F)cccc4F)noc2C2CC2)C3)c(F)c1. The number of carboxylic acids is 1. The maximum atomic E-state index is 14.8. The Morgan fingerprint density at radius 3 is 2.19 bits per heavy atom. The Labute approximate surface area is 209 Å². The summed E-state index contributed by atoms with van der Waals surface area (Å²) in [5.41, 5.74) is -0.263. The van der Waals surface area contributed by atoms with E-state index in [4.69, 9.17) is 14.4 Å². The molecule has 3 fully saturated rings. The number of halogens is 4. The Morgan fingerprint density at radius 2 is 1.62 bits per heavy atom. The summed E-state index contributed by atoms with van der Waals surface area (Å²) in [6.07, 6.45) is 4.02. The first-order chi connectivity index (χ1) is 17.8. The molecule has 2 aliphatic heterocycles. The number of benzene rings is 2. The molecule has 1 unspecified atom stereocenters. The van der Waals surface area contributed by atoms with Crippen LogP contribution < -0.4 is 4.90 Å². The van der Waals surface area contributed by atoms with E-state index in [0.29, 0.717) is 24.2 Å². The quantitative estimate of drug-likeness (QED) is 0.378. The lowest BCUT2D eigenvalue weighted by molar-refractivity contribution is 0.0145. The molecule has 1 N–H and O–H groups in total. The standard InChI is InChI=1S/C27H24F4N2O4/c28-19-2-1-3-20(29)23(19)24-18(26(37-32-24)13-4-5-13)12-36-17-10-15-6-7-16(11-17)33(15)25-21(30)8-14(27(34)35)9-22(25)31/h1-3,8-9,13,15-17H,4-7,10-12H2,(H,34,35)/t15-,16+,17?. The van der Waals surface area contributed by atoms with Crippen LogP contribution in [0.1, 0.15) is 66.1 Å². The van der Waals surface area contributed by atoms with Gasteiger partial charge in [-0.2, -0.15) is 0 Å². The fourth-order valence-electron chi connectivity index (χ4n) is 5.81. The van der Waals surface area contributed by atoms with Gasteiger partial charge in [-0.25, -0.2) is 22.4 Å². The Morgan fingerprint density at radius 1 is 1.00 bits per heavy atom. The number of hydrogen-bond donors (Lipinski definition) is 1. The van der Waals surface area contributed by atoms with Crippen LogP contribution in [-0.4, -0.2) is 34.4 Å². The Bertz CT molecular complexity index is 1320. The zero-order valence-electron chi connectivity index (χ0n) is 19.7. The lowest BCUT2D eigenvalue weighted by atomic mass is 9.97. The third-order valence-corrected chi connectivity index (χ3v) is 7.64. The van der Waals surface area contributed by atoms with Crippen LogP contribution in [0.4, 0.5) is 23.2 Å². The Kier molecular flexibility index (Phi) is 5.94. The minimum atomic E-state index is -1.40. The predicted molar refractivity (Wildman–Crippen MR) is 124 cm³/mol. The first-order valence-corrected chi connectivity index (χ1v) is 12.4. The number of rotatable bonds is 7. The zero-order chi connectivity index (χ0) is 25.8. The average molecular weight is 516 g/mol. The summed E-state index contributed by atoms with van der Waals surface area (Å²) in [5, 5.41) is 13.1. The van der Waals surface area contributed by atoms with Crippen LogP contribution in [0.3, 0.4) is 0 Å². The van der Waals surface area contributed by atoms with Crippen LogP contribution in [-0.2, 0) is 11.3 Å². The van der Waals surface area contributed by atoms with Crippen molar-refractivity contribution >= 4 is 11.7 Å². The second kappa shape index (κ2) is 9.16. The van der Waals surface area contributed by atoms with Crippen LogP contribution in [0.25, 0.3) is 11.3 Å². The van der Waals surface area contributed by atoms with Crippen LogP contribution in [0.5, 0.6) is 0 Å². The fraction of sp³-hybridized carbons (Fsp3) is 0.407. The van der Waals surface area contributed by atoms with Gasteiger partial charge in [-0.15, -0.1) is 0 Å². The van der Waals surface area contributed by atoms with E-state index in [1.165, 1.54) is 18.2 Å². The lowest BCUT2D eigenvalue weighted by Gasteiger charge is -2.40. The number of piperidine rings is 1. The summed E-state index contributed by atoms with van der Waals surface area (Å²) < 4.78 is 70.4. The number of aromatic nitrogens is 1. The first-order valence-electron chi connectivity index (χ1n) is 12.4. The van der Waals surface area contributed by atoms with Crippen molar-refractivity contribution in [3.05, 3.63) is 70.5 Å². The summed E-state index contributed by atoms with van der Waals surface area (Å²) >= 11 is 0. The lowest BCUT2D eigenvalue weighted by Crippen LogP contribution is -2.46. The van der Waals surface area contributed by atoms with E-state index < -0.39 is 34.8 Å². The molecule has 0 radical (unpaired) electrons. The van der Waals surface area contributed by atoms with E-state index in [1.54, 1.807) is 4.90 Å². The fourth-order valence-corrected chi connectivity index (χ4v) is 5.81. The smallest absolute Gasteiger partial charge is 0.335 e. The number of aromatic carboxylic acids is 1. The van der Waals surface area contributed by atoms with Crippen LogP contribution >= 0.6 is 0 Å². The number of carbonyl (C=O) groups is 1. The van der Waals surface area contributed by atoms with Gasteiger partial charge in [0.2, 0.25) is 0 Å². The highest BCUT2D eigenvalue weighted by Gasteiger charge is 2.44. The number of nitrogens with zero attached hydrogens (tertiary/aromatic N) is 2. The van der Waals surface area contributed by atoms with Gasteiger partial charge >= 0.3 is 5.97 Å². The van der Waals surface area contributed by atoms with E-state index in [9.17, 15) is 22.4 Å². The van der Waals surface area contributed by atoms with Gasteiger partial charge in [0.05, 0.1) is 23.8 Å². The van der Waals surface area contributed by atoms with Gasteiger partial charge < -0.3 is 19.3 Å². The van der Waals surface area contributed by atoms with Gasteiger partial charge in [-0.1, -0.05) is 11.2 Å². The van der Waals surface area contributed by atoms with Gasteiger partial charge in [0.15, 0.2) is 0 Å². The highest BCUT2D eigenvalue weighted by molar-refractivity contribution is 5.88. The van der Waals surface area contributed by atoms with E-state index >= 15 is 0 Å². The summed E-state index contributed by atoms with van der Waals surface area (Å²) in [6.45, 7) is 0.0541. The molecule has 3 aliphatic rings. The second-order valence-electron chi connectivity index (χ2n) is 10.0. The molecule has 2 saturated heterocycles. The molecule has 194 valence electrons. The second-order valence-corrected chi connectivity index (χ2v) is 10.0. The summed E-state index contributed by atoms with van der Waals surface area (Å²) in [4.78, 5) is 12.9. The van der Waals surface area contributed by atoms with Gasteiger partial charge in [-0.3, -0.25) is 0 Å². The predicted octanol–water partition coefficient (Wildman–Crippen LogP) is 6.19. The van der Waals surface area contributed by atoms with E-state index in [2.05, 4.69) is 5.16 Å². The molecule has 3 atom stereocenters. The van der Waals surface area contributed by atoms with E-state index in [-0.39, 0.29) is 47.7 Å². The van der Waals surface area contributed by atoms with Gasteiger partial charge in [-0.05, 0) is 62.8 Å². The minimum absolute atomic E-state index is 0.0541. The van der Waals surface area contributed by atoms with E-state index in [0.717, 1.165) is 37.8 Å². The summed E-state index contributed by atoms with van der Waals surface area (Å²) in [5.74, 6) is -3.93. The number of ether oxygens (including phenoxy) is 1. The van der Waals surface area contributed by atoms with E-state index in [1.807, 2.05) is 0 Å². The zero-order valence-corrected chi connectivity index (χ0v) is 19.7. The average Bonchev–Trinajstić information content (AvgIpc) is 3.56. The monoisotopic (exact) mass is 516 g/mol. The number of hydrogen-bond acceptors (Lipinski definition) is 5. The molecule has 37 heavy (non-hydrogen) atoms. The minimum Gasteiger partial charge on any atom is -0.478 e. The molecule has 1 saturated carbocycles. The summed E-state index contributed by atoms with van der Waals surface area (Å²) in [7, 11) is 0. The van der Waals surface area contributed by atoms with Gasteiger partial charge in [0.1, 0.15) is 40.4 Å². The van der Waals surface area contributed by atoms with Crippen LogP contribution in [0.15, 0.2) is 34.9 Å². The van der Waals surface area contributed by atoms with Crippen molar-refractivity contribution in [2.45, 2.75) is 69.2 Å². The highest BCUT2D eigenvalue weighted by atomic mass is 19.1. The molecule has 6 nitrogen and oxygen atoms in total. The molecule has 10 heteroatoms. The Hall–Kier alpha value is -3.40. The third kappa shape index (κ3) is 4.27. The van der Waals surface area contributed by atoms with Crippen molar-refractivity contribution in [3.8, 4) is 11.3 Å². The van der Waals surface area contributed by atoms with Crippen molar-refractivity contribution in [2.24, 2.45) is 0 Å². The van der Waals surface area contributed by atoms with Gasteiger partial charge in [0.25, 0.3) is 0 Å². The largest absolute Gasteiger partial charge is 0.478 e. The number of carboxylic acid groups (broad SMARTS) is 1. The molecule has 2 aromatic carbocycles. The molecule has 0 spiro atoms. The van der Waals surface area contributed by atoms with Crippen molar-refractivity contribution in [2.75, 3.05) is 4.90 Å². The molecule has 1 aromatic heterocycles.